The van der Waals surface area contributed by atoms with Crippen LogP contribution in [0, 0.1) is 53.0 Å². The van der Waals surface area contributed by atoms with Gasteiger partial charge in [-0.15, -0.1) is 35.3 Å². The minimum atomic E-state index is -1.21. The highest BCUT2D eigenvalue weighted by atomic mass is 29.3. The third-order valence-electron chi connectivity index (χ3n) is 10.9. The molecule has 3 saturated carbocycles. The highest BCUT2D eigenvalue weighted by molar-refractivity contribution is 7.44. The monoisotopic (exact) mass is 626 g/mol. The van der Waals surface area contributed by atoms with Crippen molar-refractivity contribution >= 4 is 30.4 Å². The summed E-state index contributed by atoms with van der Waals surface area (Å²) in [4.78, 5) is 0. The summed E-state index contributed by atoms with van der Waals surface area (Å²) in [6.45, 7) is 24.7. The average Bonchev–Trinajstić information content (AvgIpc) is 2.90. The van der Waals surface area contributed by atoms with Crippen LogP contribution >= 0.6 is 0 Å². The first kappa shape index (κ1) is 38.6. The van der Waals surface area contributed by atoms with E-state index in [0.717, 1.165) is 24.2 Å². The van der Waals surface area contributed by atoms with Crippen LogP contribution in [0.5, 0.6) is 0 Å². The van der Waals surface area contributed by atoms with Crippen LogP contribution in [-0.2, 0) is 0 Å². The van der Waals surface area contributed by atoms with E-state index < -0.39 is 30.4 Å². The molecule has 0 radical (unpaired) electrons. The molecule has 0 bridgehead atoms. The summed E-state index contributed by atoms with van der Waals surface area (Å²) in [5.41, 5.74) is 7.39. The fourth-order valence-electron chi connectivity index (χ4n) is 5.55. The van der Waals surface area contributed by atoms with E-state index in [-0.39, 0.29) is 0 Å². The predicted octanol–water partition coefficient (Wildman–Crippen LogP) is 11.8. The lowest BCUT2D eigenvalue weighted by Gasteiger charge is -2.29. The molecule has 3 rings (SSSR count). The molecule has 0 heterocycles. The van der Waals surface area contributed by atoms with Gasteiger partial charge in [0.1, 0.15) is 15.2 Å². The average molecular weight is 627 g/mol. The molecule has 3 aliphatic rings. The molecule has 0 unspecified atom stereocenters. The van der Waals surface area contributed by atoms with E-state index in [9.17, 15) is 0 Å². The summed E-state index contributed by atoms with van der Waals surface area (Å²) in [6.07, 6.45) is 30.0. The molecule has 0 N–H and O–H groups in total. The van der Waals surface area contributed by atoms with E-state index in [2.05, 4.69) is 94.3 Å². The molecule has 41 heavy (non-hydrogen) atoms. The summed E-state index contributed by atoms with van der Waals surface area (Å²) >= 11 is 0. The van der Waals surface area contributed by atoms with Crippen molar-refractivity contribution in [2.75, 3.05) is 0 Å². The van der Waals surface area contributed by atoms with Crippen molar-refractivity contribution in [3.63, 3.8) is 0 Å². The van der Waals surface area contributed by atoms with Gasteiger partial charge in [0, 0.05) is 19.3 Å². The topological polar surface area (TPSA) is 0 Å². The van der Waals surface area contributed by atoms with Crippen LogP contribution in [0.25, 0.3) is 0 Å². The third kappa shape index (κ3) is 16.3. The first-order valence-electron chi connectivity index (χ1n) is 17.5. The fourth-order valence-corrected chi connectivity index (χ4v) is 10.2. The molecule has 0 amide bonds. The Kier molecular flexibility index (Phi) is 17.9. The molecule has 3 aliphatic carbocycles. The maximum atomic E-state index is 5.21. The van der Waals surface area contributed by atoms with Crippen LogP contribution in [0.2, 0.25) is 65.5 Å². The smallest absolute Gasteiger partial charge is 0.123 e. The van der Waals surface area contributed by atoms with Gasteiger partial charge in [-0.25, -0.2) is 0 Å². The lowest BCUT2D eigenvalue weighted by atomic mass is 9.87. The van der Waals surface area contributed by atoms with Crippen LogP contribution in [0.4, 0.5) is 0 Å². The molecule has 0 aliphatic heterocycles. The van der Waals surface area contributed by atoms with Gasteiger partial charge in [0.15, 0.2) is 0 Å². The number of terminal acetylenes is 1. The van der Waals surface area contributed by atoms with Gasteiger partial charge in [0.25, 0.3) is 0 Å². The predicted molar refractivity (Wildman–Crippen MR) is 200 cm³/mol. The summed E-state index contributed by atoms with van der Waals surface area (Å²) < 4.78 is 0. The molecule has 234 valence electrons. The molecule has 0 spiro atoms. The minimum Gasteiger partial charge on any atom is -0.135 e. The molecule has 0 nitrogen and oxygen atoms in total. The van der Waals surface area contributed by atoms with E-state index in [0.29, 0.717) is 0 Å². The van der Waals surface area contributed by atoms with Crippen LogP contribution < -0.4 is 0 Å². The van der Waals surface area contributed by atoms with Crippen LogP contribution in [0.3, 0.4) is 0 Å². The number of rotatable bonds is 5. The lowest BCUT2D eigenvalue weighted by molar-refractivity contribution is 0.365. The Labute approximate surface area is 263 Å². The molecule has 0 saturated heterocycles. The zero-order chi connectivity index (χ0) is 31.0. The lowest BCUT2D eigenvalue weighted by Crippen LogP contribution is -2.51. The van der Waals surface area contributed by atoms with Crippen molar-refractivity contribution in [3.05, 3.63) is 0 Å². The quantitative estimate of drug-likeness (QED) is 0.210. The normalized spacial score (nSPS) is 19.5. The highest BCUT2D eigenvalue weighted by Crippen LogP contribution is 2.28. The second-order valence-corrected chi connectivity index (χ2v) is 49.2. The SMILES string of the molecule is C#CCC1CCCCC1.C[Si](C)(C)[Si](C)(C)C#CCC1CCCCC1.C[Si](C)(C)[Si](C)(C)C#CCC1CCCCC1. The standard InChI is InChI=1S/2C14H28Si2.C9H14/c2*1-15(2,3)16(4,5)13-9-12-14-10-7-6-8-11-14;1-2-6-9-7-4-3-5-8-9/h2*14H,6-8,10-12H2,1-5H3;1,9H,3-8H2. The van der Waals surface area contributed by atoms with E-state index in [1.165, 1.54) is 109 Å². The van der Waals surface area contributed by atoms with Crippen molar-refractivity contribution in [3.8, 4) is 35.3 Å². The zero-order valence-electron chi connectivity index (χ0n) is 29.5. The van der Waals surface area contributed by atoms with Gasteiger partial charge in [-0.3, -0.25) is 0 Å². The van der Waals surface area contributed by atoms with Crippen molar-refractivity contribution in [1.29, 1.82) is 0 Å². The first-order valence-corrected chi connectivity index (χ1v) is 32.5. The highest BCUT2D eigenvalue weighted by Gasteiger charge is 2.36. The molecule has 0 atom stereocenters. The molecule has 3 fully saturated rings. The van der Waals surface area contributed by atoms with Gasteiger partial charge in [-0.05, 0) is 56.3 Å². The van der Waals surface area contributed by atoms with Crippen molar-refractivity contribution < 1.29 is 0 Å². The van der Waals surface area contributed by atoms with Crippen LogP contribution in [0.1, 0.15) is 116 Å². The molecule has 0 aromatic rings. The van der Waals surface area contributed by atoms with Crippen LogP contribution in [-0.4, -0.2) is 30.4 Å². The maximum absolute atomic E-state index is 5.21. The molecule has 4 heteroatoms. The second kappa shape index (κ2) is 19.0. The molecular formula is C37H70Si4. The maximum Gasteiger partial charge on any atom is 0.123 e. The molecular weight excluding hydrogens is 557 g/mol. The Morgan fingerprint density at radius 1 is 0.439 bits per heavy atom. The number of hydrogen-bond donors (Lipinski definition) is 0. The van der Waals surface area contributed by atoms with Gasteiger partial charge < -0.3 is 0 Å². The van der Waals surface area contributed by atoms with Gasteiger partial charge >= 0.3 is 0 Å². The van der Waals surface area contributed by atoms with Gasteiger partial charge in [-0.1, -0.05) is 123 Å². The van der Waals surface area contributed by atoms with Gasteiger partial charge in [0.2, 0.25) is 0 Å². The largest absolute Gasteiger partial charge is 0.135 e. The Balaban J connectivity index is 0.000000320. The summed E-state index contributed by atoms with van der Waals surface area (Å²) in [6, 6.07) is 0. The Morgan fingerprint density at radius 3 is 0.951 bits per heavy atom. The van der Waals surface area contributed by atoms with Gasteiger partial charge in [-0.2, -0.15) is 0 Å². The Bertz CT molecular complexity index is 810. The van der Waals surface area contributed by atoms with Crippen molar-refractivity contribution in [2.45, 2.75) is 181 Å². The number of hydrogen-bond acceptors (Lipinski definition) is 0. The van der Waals surface area contributed by atoms with Crippen molar-refractivity contribution in [1.82, 2.24) is 0 Å². The third-order valence-corrected chi connectivity index (χ3v) is 43.3. The minimum absolute atomic E-state index is 0.865. The fraction of sp³-hybridized carbons (Fsp3) is 0.838. The molecule has 0 aromatic heterocycles. The first-order chi connectivity index (χ1) is 19.1. The van der Waals surface area contributed by atoms with Crippen molar-refractivity contribution in [2.24, 2.45) is 17.8 Å². The Morgan fingerprint density at radius 2 is 0.707 bits per heavy atom. The van der Waals surface area contributed by atoms with E-state index in [1.54, 1.807) is 0 Å². The summed E-state index contributed by atoms with van der Waals surface area (Å²) in [5, 5.41) is 0. The molecule has 0 aromatic carbocycles. The van der Waals surface area contributed by atoms with E-state index in [4.69, 9.17) is 6.42 Å². The second-order valence-electron chi connectivity index (χ2n) is 16.7. The summed E-state index contributed by atoms with van der Waals surface area (Å²) in [5.74, 6) is 12.5. The van der Waals surface area contributed by atoms with Crippen LogP contribution in [0.15, 0.2) is 0 Å². The van der Waals surface area contributed by atoms with E-state index >= 15 is 0 Å². The van der Waals surface area contributed by atoms with Gasteiger partial charge in [0.05, 0.1) is 15.2 Å². The van der Waals surface area contributed by atoms with E-state index in [1.807, 2.05) is 0 Å². The zero-order valence-corrected chi connectivity index (χ0v) is 33.5. The Hall–Kier alpha value is -0.452. The summed E-state index contributed by atoms with van der Waals surface area (Å²) in [7, 11) is -4.44.